The number of carbonyl (C=O) groups is 1. The second kappa shape index (κ2) is 6.24. The molecule has 0 saturated carbocycles. The van der Waals surface area contributed by atoms with E-state index < -0.39 is 0 Å². The van der Waals surface area contributed by atoms with Crippen molar-refractivity contribution in [1.82, 2.24) is 19.3 Å². The summed E-state index contributed by atoms with van der Waals surface area (Å²) in [6.45, 7) is 6.04. The normalized spacial score (nSPS) is 14.7. The molecule has 4 rings (SSSR count). The second-order valence-corrected chi connectivity index (χ2v) is 7.56. The predicted octanol–water partition coefficient (Wildman–Crippen LogP) is 2.90. The standard InChI is InChI=1S/C18H21N5OS/c1-4-13-11(2)23-9-12(5-6-16(23)19-13)17(24)21-18-20-14-7-8-22(3)10-15(14)25-18/h5-6,9H,4,7-8,10H2,1-3H3,(H,20,21,24). The maximum Gasteiger partial charge on any atom is 0.258 e. The first-order chi connectivity index (χ1) is 12.0. The topological polar surface area (TPSA) is 62.5 Å². The Morgan fingerprint density at radius 3 is 3.00 bits per heavy atom. The molecule has 0 fully saturated rings. The van der Waals surface area contributed by atoms with E-state index in [0.717, 1.165) is 48.7 Å². The van der Waals surface area contributed by atoms with Gasteiger partial charge < -0.3 is 9.30 Å². The molecule has 0 unspecified atom stereocenters. The summed E-state index contributed by atoms with van der Waals surface area (Å²) in [5.41, 5.74) is 4.75. The lowest BCUT2D eigenvalue weighted by molar-refractivity contribution is 0.102. The fraction of sp³-hybridized carbons (Fsp3) is 0.389. The fourth-order valence-electron chi connectivity index (χ4n) is 3.23. The number of imidazole rings is 1. The molecule has 3 aromatic rings. The van der Waals surface area contributed by atoms with Gasteiger partial charge >= 0.3 is 0 Å². The maximum absolute atomic E-state index is 12.6. The van der Waals surface area contributed by atoms with Gasteiger partial charge in [-0.15, -0.1) is 11.3 Å². The summed E-state index contributed by atoms with van der Waals surface area (Å²) >= 11 is 1.57. The third-order valence-corrected chi connectivity index (χ3v) is 5.69. The molecular weight excluding hydrogens is 334 g/mol. The number of nitrogens with one attached hydrogen (secondary N) is 1. The number of rotatable bonds is 3. The van der Waals surface area contributed by atoms with E-state index in [1.165, 1.54) is 4.88 Å². The minimum absolute atomic E-state index is 0.132. The first kappa shape index (κ1) is 16.2. The third-order valence-electron chi connectivity index (χ3n) is 4.70. The molecule has 0 radical (unpaired) electrons. The quantitative estimate of drug-likeness (QED) is 0.785. The van der Waals surface area contributed by atoms with Gasteiger partial charge in [0.25, 0.3) is 5.91 Å². The summed E-state index contributed by atoms with van der Waals surface area (Å²) in [5.74, 6) is -0.132. The van der Waals surface area contributed by atoms with E-state index in [9.17, 15) is 4.79 Å². The summed E-state index contributed by atoms with van der Waals surface area (Å²) < 4.78 is 1.98. The molecule has 130 valence electrons. The number of fused-ring (bicyclic) bond motifs is 2. The van der Waals surface area contributed by atoms with E-state index in [0.29, 0.717) is 10.7 Å². The molecule has 0 aliphatic carbocycles. The molecule has 0 atom stereocenters. The van der Waals surface area contributed by atoms with E-state index >= 15 is 0 Å². The Morgan fingerprint density at radius 2 is 2.20 bits per heavy atom. The van der Waals surface area contributed by atoms with Crippen molar-refractivity contribution in [3.63, 3.8) is 0 Å². The lowest BCUT2D eigenvalue weighted by Crippen LogP contribution is -2.25. The third kappa shape index (κ3) is 2.94. The minimum Gasteiger partial charge on any atom is -0.303 e. The van der Waals surface area contributed by atoms with Crippen molar-refractivity contribution in [2.45, 2.75) is 33.2 Å². The molecule has 0 aromatic carbocycles. The Kier molecular flexibility index (Phi) is 4.05. The number of hydrogen-bond donors (Lipinski definition) is 1. The van der Waals surface area contributed by atoms with Crippen LogP contribution in [0.1, 0.15) is 39.2 Å². The zero-order valence-corrected chi connectivity index (χ0v) is 15.5. The van der Waals surface area contributed by atoms with Crippen LogP contribution in [0.5, 0.6) is 0 Å². The first-order valence-electron chi connectivity index (χ1n) is 8.51. The number of aryl methyl sites for hydroxylation is 2. The Balaban J connectivity index is 1.59. The molecule has 1 amide bonds. The van der Waals surface area contributed by atoms with Crippen LogP contribution in [0.4, 0.5) is 5.13 Å². The van der Waals surface area contributed by atoms with Gasteiger partial charge in [0.2, 0.25) is 0 Å². The van der Waals surface area contributed by atoms with Crippen LogP contribution in [0.25, 0.3) is 5.65 Å². The minimum atomic E-state index is -0.132. The van der Waals surface area contributed by atoms with Crippen LogP contribution in [0.15, 0.2) is 18.3 Å². The van der Waals surface area contributed by atoms with E-state index in [1.807, 2.05) is 29.7 Å². The summed E-state index contributed by atoms with van der Waals surface area (Å²) in [7, 11) is 2.11. The fourth-order valence-corrected chi connectivity index (χ4v) is 4.31. The van der Waals surface area contributed by atoms with Crippen molar-refractivity contribution < 1.29 is 4.79 Å². The molecule has 1 aliphatic rings. The lowest BCUT2D eigenvalue weighted by Gasteiger charge is -2.20. The Hall–Kier alpha value is -2.25. The largest absolute Gasteiger partial charge is 0.303 e. The molecule has 1 aliphatic heterocycles. The maximum atomic E-state index is 12.6. The molecular formula is C18H21N5OS. The molecule has 4 heterocycles. The number of nitrogens with zero attached hydrogens (tertiary/aromatic N) is 4. The zero-order valence-electron chi connectivity index (χ0n) is 14.7. The average Bonchev–Trinajstić information content (AvgIpc) is 3.14. The van der Waals surface area contributed by atoms with Gasteiger partial charge in [0.1, 0.15) is 5.65 Å². The molecule has 0 spiro atoms. The molecule has 0 saturated heterocycles. The predicted molar refractivity (Wildman–Crippen MR) is 99.4 cm³/mol. The van der Waals surface area contributed by atoms with Crippen molar-refractivity contribution in [2.75, 3.05) is 18.9 Å². The van der Waals surface area contributed by atoms with E-state index in [2.05, 4.69) is 34.2 Å². The molecule has 1 N–H and O–H groups in total. The number of carbonyl (C=O) groups excluding carboxylic acids is 1. The second-order valence-electron chi connectivity index (χ2n) is 6.47. The van der Waals surface area contributed by atoms with Gasteiger partial charge in [-0.3, -0.25) is 10.1 Å². The SMILES string of the molecule is CCc1nc2ccc(C(=O)Nc3nc4c(s3)CN(C)CC4)cn2c1C. The van der Waals surface area contributed by atoms with Gasteiger partial charge in [0, 0.05) is 36.3 Å². The van der Waals surface area contributed by atoms with Gasteiger partial charge in [-0.1, -0.05) is 6.92 Å². The summed E-state index contributed by atoms with van der Waals surface area (Å²) in [5, 5.41) is 3.63. The number of amides is 1. The number of pyridine rings is 1. The molecule has 3 aromatic heterocycles. The van der Waals surface area contributed by atoms with Crippen molar-refractivity contribution in [3.8, 4) is 0 Å². The van der Waals surface area contributed by atoms with Crippen LogP contribution in [-0.2, 0) is 19.4 Å². The first-order valence-corrected chi connectivity index (χ1v) is 9.33. The molecule has 0 bridgehead atoms. The van der Waals surface area contributed by atoms with E-state index in [1.54, 1.807) is 11.3 Å². The van der Waals surface area contributed by atoms with Crippen molar-refractivity contribution in [2.24, 2.45) is 0 Å². The average molecular weight is 355 g/mol. The highest BCUT2D eigenvalue weighted by atomic mass is 32.1. The van der Waals surface area contributed by atoms with E-state index in [4.69, 9.17) is 0 Å². The lowest BCUT2D eigenvalue weighted by atomic mass is 10.2. The molecule has 6 nitrogen and oxygen atoms in total. The molecule has 25 heavy (non-hydrogen) atoms. The Bertz CT molecular complexity index is 958. The number of thiazole rings is 1. The number of aromatic nitrogens is 3. The van der Waals surface area contributed by atoms with Crippen LogP contribution in [0.2, 0.25) is 0 Å². The highest BCUT2D eigenvalue weighted by Crippen LogP contribution is 2.28. The Morgan fingerprint density at radius 1 is 1.36 bits per heavy atom. The van der Waals surface area contributed by atoms with Gasteiger partial charge in [-0.25, -0.2) is 9.97 Å². The highest BCUT2D eigenvalue weighted by molar-refractivity contribution is 7.15. The molecule has 7 heteroatoms. The summed E-state index contributed by atoms with van der Waals surface area (Å²) in [6, 6.07) is 3.71. The van der Waals surface area contributed by atoms with Gasteiger partial charge in [0.15, 0.2) is 5.13 Å². The summed E-state index contributed by atoms with van der Waals surface area (Å²) in [6.07, 6.45) is 3.68. The van der Waals surface area contributed by atoms with E-state index in [-0.39, 0.29) is 5.91 Å². The van der Waals surface area contributed by atoms with Crippen LogP contribution >= 0.6 is 11.3 Å². The monoisotopic (exact) mass is 355 g/mol. The van der Waals surface area contributed by atoms with Gasteiger partial charge in [-0.2, -0.15) is 0 Å². The van der Waals surface area contributed by atoms with Crippen LogP contribution in [-0.4, -0.2) is 38.8 Å². The van der Waals surface area contributed by atoms with Gasteiger partial charge in [0.05, 0.1) is 17.0 Å². The number of likely N-dealkylation sites (N-methyl/N-ethyl adjacent to an activating group) is 1. The zero-order chi connectivity index (χ0) is 17.6. The number of anilines is 1. The summed E-state index contributed by atoms with van der Waals surface area (Å²) in [4.78, 5) is 25.3. The van der Waals surface area contributed by atoms with Crippen LogP contribution in [0.3, 0.4) is 0 Å². The number of hydrogen-bond acceptors (Lipinski definition) is 5. The van der Waals surface area contributed by atoms with Crippen molar-refractivity contribution in [1.29, 1.82) is 0 Å². The van der Waals surface area contributed by atoms with Crippen LogP contribution < -0.4 is 5.32 Å². The van der Waals surface area contributed by atoms with Gasteiger partial charge in [-0.05, 0) is 32.5 Å². The van der Waals surface area contributed by atoms with Crippen LogP contribution in [0, 0.1) is 6.92 Å². The van der Waals surface area contributed by atoms with Crippen molar-refractivity contribution >= 4 is 28.0 Å². The smallest absolute Gasteiger partial charge is 0.258 e. The highest BCUT2D eigenvalue weighted by Gasteiger charge is 2.19. The Labute approximate surface area is 150 Å². The van der Waals surface area contributed by atoms with Crippen molar-refractivity contribution in [3.05, 3.63) is 45.9 Å².